The fourth-order valence-electron chi connectivity index (χ4n) is 2.33. The van der Waals surface area contributed by atoms with Crippen LogP contribution < -0.4 is 5.32 Å². The summed E-state index contributed by atoms with van der Waals surface area (Å²) in [7, 11) is 0. The fraction of sp³-hybridized carbons (Fsp3) is 0.667. The monoisotopic (exact) mass is 239 g/mol. The van der Waals surface area contributed by atoms with Gasteiger partial charge in [-0.25, -0.2) is 9.97 Å². The zero-order valence-electron chi connectivity index (χ0n) is 9.83. The summed E-state index contributed by atoms with van der Waals surface area (Å²) in [5.74, 6) is 2.29. The number of anilines is 1. The van der Waals surface area contributed by atoms with Crippen molar-refractivity contribution in [1.82, 2.24) is 9.97 Å². The number of nitrogens with zero attached hydrogens (tertiary/aromatic N) is 2. The predicted molar refractivity (Wildman–Crippen MR) is 66.8 cm³/mol. The Labute approximate surface area is 102 Å². The standard InChI is InChI=1S/C12H18ClN3/c1-8-5-3-4-6-10(8)16-12-7-11(13)14-9(2)15-12/h7-8,10H,3-6H2,1-2H3,(H,14,15,16)/t8-,10-/m1/s1. The molecular formula is C12H18ClN3. The van der Waals surface area contributed by atoms with Crippen LogP contribution in [-0.4, -0.2) is 16.0 Å². The fourth-order valence-corrected chi connectivity index (χ4v) is 2.55. The molecule has 0 radical (unpaired) electrons. The summed E-state index contributed by atoms with van der Waals surface area (Å²) in [5, 5.41) is 3.99. The zero-order valence-corrected chi connectivity index (χ0v) is 10.6. The van der Waals surface area contributed by atoms with Crippen LogP contribution in [0.3, 0.4) is 0 Å². The van der Waals surface area contributed by atoms with Crippen LogP contribution >= 0.6 is 11.6 Å². The largest absolute Gasteiger partial charge is 0.367 e. The number of nitrogens with one attached hydrogen (secondary N) is 1. The van der Waals surface area contributed by atoms with Crippen molar-refractivity contribution in [3.05, 3.63) is 17.0 Å². The molecule has 3 nitrogen and oxygen atoms in total. The summed E-state index contributed by atoms with van der Waals surface area (Å²) in [4.78, 5) is 8.42. The quantitative estimate of drug-likeness (QED) is 0.804. The van der Waals surface area contributed by atoms with Gasteiger partial charge in [-0.2, -0.15) is 0 Å². The molecule has 4 heteroatoms. The van der Waals surface area contributed by atoms with Crippen LogP contribution in [0.1, 0.15) is 38.4 Å². The van der Waals surface area contributed by atoms with Crippen molar-refractivity contribution in [2.24, 2.45) is 5.92 Å². The number of halogens is 1. The lowest BCUT2D eigenvalue weighted by Gasteiger charge is -2.29. The van der Waals surface area contributed by atoms with Crippen LogP contribution in [0.25, 0.3) is 0 Å². The first-order valence-corrected chi connectivity index (χ1v) is 6.30. The number of rotatable bonds is 2. The minimum atomic E-state index is 0.512. The van der Waals surface area contributed by atoms with Gasteiger partial charge >= 0.3 is 0 Å². The van der Waals surface area contributed by atoms with Gasteiger partial charge in [0.15, 0.2) is 0 Å². The first-order valence-electron chi connectivity index (χ1n) is 5.93. The van der Waals surface area contributed by atoms with Crippen molar-refractivity contribution >= 4 is 17.4 Å². The molecule has 1 saturated carbocycles. The van der Waals surface area contributed by atoms with Gasteiger partial charge in [0.2, 0.25) is 0 Å². The Morgan fingerprint density at radius 3 is 2.75 bits per heavy atom. The normalized spacial score (nSPS) is 25.4. The highest BCUT2D eigenvalue weighted by atomic mass is 35.5. The van der Waals surface area contributed by atoms with E-state index in [0.29, 0.717) is 17.1 Å². The summed E-state index contributed by atoms with van der Waals surface area (Å²) < 4.78 is 0. The van der Waals surface area contributed by atoms with Gasteiger partial charge in [-0.1, -0.05) is 31.4 Å². The Morgan fingerprint density at radius 2 is 2.06 bits per heavy atom. The molecule has 2 atom stereocenters. The average molecular weight is 240 g/mol. The summed E-state index contributed by atoms with van der Waals surface area (Å²) in [6.07, 6.45) is 5.18. The summed E-state index contributed by atoms with van der Waals surface area (Å²) in [6, 6.07) is 2.33. The molecule has 1 aromatic heterocycles. The first-order chi connectivity index (χ1) is 7.65. The van der Waals surface area contributed by atoms with Crippen LogP contribution in [0.5, 0.6) is 0 Å². The molecule has 0 amide bonds. The van der Waals surface area contributed by atoms with E-state index in [0.717, 1.165) is 11.6 Å². The van der Waals surface area contributed by atoms with E-state index in [1.807, 2.05) is 6.92 Å². The van der Waals surface area contributed by atoms with Gasteiger partial charge in [-0.05, 0) is 25.7 Å². The minimum Gasteiger partial charge on any atom is -0.367 e. The van der Waals surface area contributed by atoms with Crippen molar-refractivity contribution in [1.29, 1.82) is 0 Å². The van der Waals surface area contributed by atoms with Gasteiger partial charge in [0.25, 0.3) is 0 Å². The number of aryl methyl sites for hydroxylation is 1. The van der Waals surface area contributed by atoms with Crippen molar-refractivity contribution in [3.63, 3.8) is 0 Å². The van der Waals surface area contributed by atoms with Gasteiger partial charge in [-0.3, -0.25) is 0 Å². The maximum Gasteiger partial charge on any atom is 0.134 e. The molecule has 0 saturated heterocycles. The highest BCUT2D eigenvalue weighted by Gasteiger charge is 2.21. The van der Waals surface area contributed by atoms with E-state index in [1.165, 1.54) is 25.7 Å². The predicted octanol–water partition coefficient (Wildman–Crippen LogP) is 3.43. The lowest BCUT2D eigenvalue weighted by atomic mass is 9.86. The highest BCUT2D eigenvalue weighted by molar-refractivity contribution is 6.29. The Balaban J connectivity index is 2.07. The van der Waals surface area contributed by atoms with Crippen LogP contribution in [0, 0.1) is 12.8 Å². The Morgan fingerprint density at radius 1 is 1.31 bits per heavy atom. The lowest BCUT2D eigenvalue weighted by molar-refractivity contribution is 0.349. The molecule has 1 aliphatic rings. The molecule has 0 bridgehead atoms. The minimum absolute atomic E-state index is 0.512. The molecule has 2 rings (SSSR count). The Kier molecular flexibility index (Phi) is 3.64. The molecule has 0 spiro atoms. The molecule has 1 N–H and O–H groups in total. The maximum atomic E-state index is 5.91. The summed E-state index contributed by atoms with van der Waals surface area (Å²) in [5.41, 5.74) is 0. The summed E-state index contributed by atoms with van der Waals surface area (Å²) in [6.45, 7) is 4.16. The average Bonchev–Trinajstić information content (AvgIpc) is 2.20. The Hall–Kier alpha value is -0.830. The molecule has 1 aromatic rings. The van der Waals surface area contributed by atoms with Gasteiger partial charge < -0.3 is 5.32 Å². The second-order valence-corrected chi connectivity index (χ2v) is 5.02. The van der Waals surface area contributed by atoms with Crippen molar-refractivity contribution in [2.75, 3.05) is 5.32 Å². The molecule has 16 heavy (non-hydrogen) atoms. The van der Waals surface area contributed by atoms with E-state index in [-0.39, 0.29) is 0 Å². The number of hydrogen-bond donors (Lipinski definition) is 1. The van der Waals surface area contributed by atoms with E-state index >= 15 is 0 Å². The van der Waals surface area contributed by atoms with E-state index in [2.05, 4.69) is 22.2 Å². The SMILES string of the molecule is Cc1nc(Cl)cc(N[C@@H]2CCCC[C@H]2C)n1. The van der Waals surface area contributed by atoms with E-state index in [4.69, 9.17) is 11.6 Å². The molecule has 0 unspecified atom stereocenters. The van der Waals surface area contributed by atoms with Crippen LogP contribution in [0.2, 0.25) is 5.15 Å². The molecule has 1 fully saturated rings. The van der Waals surface area contributed by atoms with E-state index < -0.39 is 0 Å². The zero-order chi connectivity index (χ0) is 11.5. The van der Waals surface area contributed by atoms with Gasteiger partial charge in [0, 0.05) is 12.1 Å². The molecule has 1 heterocycles. The number of aromatic nitrogens is 2. The topological polar surface area (TPSA) is 37.8 Å². The van der Waals surface area contributed by atoms with Crippen LogP contribution in [0.15, 0.2) is 6.07 Å². The van der Waals surface area contributed by atoms with Crippen LogP contribution in [0.4, 0.5) is 5.82 Å². The third kappa shape index (κ3) is 2.85. The molecule has 88 valence electrons. The molecule has 0 aliphatic heterocycles. The second-order valence-electron chi connectivity index (χ2n) is 4.64. The van der Waals surface area contributed by atoms with Gasteiger partial charge in [0.1, 0.15) is 16.8 Å². The molecule has 1 aliphatic carbocycles. The van der Waals surface area contributed by atoms with Crippen molar-refractivity contribution in [2.45, 2.75) is 45.6 Å². The van der Waals surface area contributed by atoms with Crippen molar-refractivity contribution < 1.29 is 0 Å². The molecular weight excluding hydrogens is 222 g/mol. The third-order valence-electron chi connectivity index (χ3n) is 3.25. The van der Waals surface area contributed by atoms with Gasteiger partial charge in [0.05, 0.1) is 0 Å². The number of hydrogen-bond acceptors (Lipinski definition) is 3. The Bertz CT molecular complexity index is 347. The molecule has 0 aromatic carbocycles. The van der Waals surface area contributed by atoms with Gasteiger partial charge in [-0.15, -0.1) is 0 Å². The smallest absolute Gasteiger partial charge is 0.134 e. The summed E-state index contributed by atoms with van der Waals surface area (Å²) >= 11 is 5.91. The second kappa shape index (κ2) is 5.00. The first kappa shape index (κ1) is 11.6. The van der Waals surface area contributed by atoms with E-state index in [9.17, 15) is 0 Å². The van der Waals surface area contributed by atoms with E-state index in [1.54, 1.807) is 6.07 Å². The lowest BCUT2D eigenvalue weighted by Crippen LogP contribution is -2.30. The third-order valence-corrected chi connectivity index (χ3v) is 3.45. The van der Waals surface area contributed by atoms with Crippen molar-refractivity contribution in [3.8, 4) is 0 Å². The maximum absolute atomic E-state index is 5.91. The van der Waals surface area contributed by atoms with Crippen LogP contribution in [-0.2, 0) is 0 Å². The highest BCUT2D eigenvalue weighted by Crippen LogP contribution is 2.26.